The van der Waals surface area contributed by atoms with Gasteiger partial charge in [-0.1, -0.05) is 58.6 Å². The molecule has 0 amide bonds. The van der Waals surface area contributed by atoms with Crippen LogP contribution in [0, 0.1) is 29.1 Å². The van der Waals surface area contributed by atoms with E-state index in [1.54, 1.807) is 0 Å². The molecule has 3 aliphatic rings. The normalized spacial score (nSPS) is 42.4. The summed E-state index contributed by atoms with van der Waals surface area (Å²) in [5, 5.41) is 0.263. The summed E-state index contributed by atoms with van der Waals surface area (Å²) >= 11 is 0. The Morgan fingerprint density at radius 2 is 1.96 bits per heavy atom. The maximum absolute atomic E-state index is 6.93. The molecule has 3 aliphatic carbocycles. The van der Waals surface area contributed by atoms with Crippen molar-refractivity contribution in [3.8, 4) is 0 Å². The summed E-state index contributed by atoms with van der Waals surface area (Å²) in [4.78, 5) is 0. The minimum absolute atomic E-state index is 0.233. The number of allylic oxidation sites excluding steroid dienone is 4. The van der Waals surface area contributed by atoms with E-state index in [1.165, 1.54) is 17.6 Å². The fourth-order valence-corrected chi connectivity index (χ4v) is 6.60. The average molecular weight is 331 g/mol. The zero-order valence-electron chi connectivity index (χ0n) is 16.1. The predicted molar refractivity (Wildman–Crippen MR) is 102 cm³/mol. The Morgan fingerprint density at radius 1 is 1.35 bits per heavy atom. The van der Waals surface area contributed by atoms with Crippen molar-refractivity contribution in [2.24, 2.45) is 29.1 Å². The second-order valence-electron chi connectivity index (χ2n) is 9.82. The summed E-state index contributed by atoms with van der Waals surface area (Å²) in [6, 6.07) is 0. The molecular weight excluding hydrogens is 296 g/mol. The topological polar surface area (TPSA) is 9.23 Å². The van der Waals surface area contributed by atoms with Crippen LogP contribution in [0.1, 0.15) is 41.0 Å². The maximum Gasteiger partial charge on any atom is 0.192 e. The van der Waals surface area contributed by atoms with Gasteiger partial charge in [0.1, 0.15) is 0 Å². The van der Waals surface area contributed by atoms with Gasteiger partial charge in [-0.05, 0) is 54.8 Å². The molecule has 2 fully saturated rings. The molecule has 6 atom stereocenters. The molecule has 0 aromatic rings. The van der Waals surface area contributed by atoms with E-state index in [1.807, 2.05) is 0 Å². The van der Waals surface area contributed by atoms with Gasteiger partial charge in [-0.2, -0.15) is 0 Å². The van der Waals surface area contributed by atoms with Crippen LogP contribution in [0.2, 0.25) is 18.1 Å². The Hall–Kier alpha value is -0.603. The van der Waals surface area contributed by atoms with Crippen LogP contribution in [0.25, 0.3) is 0 Å². The Balaban J connectivity index is 1.93. The molecule has 2 saturated carbocycles. The second-order valence-corrected chi connectivity index (χ2v) is 14.6. The highest BCUT2D eigenvalue weighted by Gasteiger charge is 2.75. The smallest absolute Gasteiger partial charge is 0.192 e. The zero-order valence-corrected chi connectivity index (χ0v) is 17.1. The summed E-state index contributed by atoms with van der Waals surface area (Å²) < 4.78 is 6.93. The van der Waals surface area contributed by atoms with Crippen molar-refractivity contribution >= 4 is 8.32 Å². The molecule has 0 radical (unpaired) electrons. The van der Waals surface area contributed by atoms with Gasteiger partial charge in [-0.25, -0.2) is 0 Å². The predicted octanol–water partition coefficient (Wildman–Crippen LogP) is 5.97. The molecule has 0 aliphatic heterocycles. The van der Waals surface area contributed by atoms with E-state index in [-0.39, 0.29) is 10.5 Å². The van der Waals surface area contributed by atoms with Gasteiger partial charge in [0.25, 0.3) is 0 Å². The lowest BCUT2D eigenvalue weighted by Crippen LogP contribution is -2.47. The van der Waals surface area contributed by atoms with Crippen molar-refractivity contribution in [1.82, 2.24) is 0 Å². The van der Waals surface area contributed by atoms with E-state index in [0.29, 0.717) is 29.8 Å². The van der Waals surface area contributed by atoms with Gasteiger partial charge >= 0.3 is 0 Å². The average Bonchev–Trinajstić information content (AvgIpc) is 2.97. The van der Waals surface area contributed by atoms with Gasteiger partial charge in [0.05, 0.1) is 0 Å². The van der Waals surface area contributed by atoms with E-state index in [9.17, 15) is 0 Å². The Kier molecular flexibility index (Phi) is 3.71. The molecule has 0 N–H and O–H groups in total. The van der Waals surface area contributed by atoms with Gasteiger partial charge in [-0.15, -0.1) is 0 Å². The van der Waals surface area contributed by atoms with Gasteiger partial charge < -0.3 is 4.43 Å². The molecule has 0 aromatic heterocycles. The zero-order chi connectivity index (χ0) is 17.4. The van der Waals surface area contributed by atoms with Crippen LogP contribution in [0.15, 0.2) is 36.5 Å². The maximum atomic E-state index is 6.93. The van der Waals surface area contributed by atoms with E-state index in [2.05, 4.69) is 73.0 Å². The van der Waals surface area contributed by atoms with Crippen LogP contribution in [-0.2, 0) is 4.43 Å². The minimum atomic E-state index is -1.75. The second kappa shape index (κ2) is 4.95. The van der Waals surface area contributed by atoms with E-state index in [0.717, 1.165) is 0 Å². The van der Waals surface area contributed by atoms with Crippen LogP contribution < -0.4 is 0 Å². The van der Waals surface area contributed by atoms with Crippen molar-refractivity contribution in [3.05, 3.63) is 36.5 Å². The van der Waals surface area contributed by atoms with Gasteiger partial charge in [0.15, 0.2) is 8.32 Å². The third-order valence-corrected chi connectivity index (χ3v) is 11.8. The quantitative estimate of drug-likeness (QED) is 0.458. The Bertz CT molecular complexity index is 579. The molecule has 1 spiro atoms. The summed E-state index contributed by atoms with van der Waals surface area (Å²) in [6.07, 6.45) is 6.27. The minimum Gasteiger partial charge on any atom is -0.414 e. The molecular formula is C21H34OSi. The van der Waals surface area contributed by atoms with Crippen molar-refractivity contribution in [2.75, 3.05) is 0 Å². The standard InChI is InChI=1S/C21H34OSi/c1-13(2)18-19-17(22-23(8,9)20(5,6)7)12-14(3)16-11-10-15(4)21(16,18)19/h10-11,14,16-19H,1,4,12H2,2-3,5-9H3/t14-,16+,17+,18+,19-,21+/m1/s1. The molecule has 0 bridgehead atoms. The third kappa shape index (κ3) is 2.21. The Morgan fingerprint density at radius 3 is 2.48 bits per heavy atom. The first kappa shape index (κ1) is 17.2. The number of hydrogen-bond acceptors (Lipinski definition) is 1. The van der Waals surface area contributed by atoms with Crippen molar-refractivity contribution in [1.29, 1.82) is 0 Å². The lowest BCUT2D eigenvalue weighted by atomic mass is 9.71. The van der Waals surface area contributed by atoms with Crippen molar-refractivity contribution in [2.45, 2.75) is 65.3 Å². The Labute approximate surface area is 144 Å². The summed E-state index contributed by atoms with van der Waals surface area (Å²) in [5.74, 6) is 2.47. The lowest BCUT2D eigenvalue weighted by Gasteiger charge is -2.44. The molecule has 0 aromatic carbocycles. The first-order chi connectivity index (χ1) is 10.4. The van der Waals surface area contributed by atoms with E-state index in [4.69, 9.17) is 4.43 Å². The summed E-state index contributed by atoms with van der Waals surface area (Å²) in [5.41, 5.74) is 2.88. The molecule has 0 unspecified atom stereocenters. The van der Waals surface area contributed by atoms with Gasteiger partial charge in [0.2, 0.25) is 0 Å². The number of rotatable bonds is 3. The monoisotopic (exact) mass is 330 g/mol. The van der Waals surface area contributed by atoms with Crippen LogP contribution >= 0.6 is 0 Å². The highest BCUT2D eigenvalue weighted by molar-refractivity contribution is 6.74. The molecule has 0 saturated heterocycles. The SMILES string of the molecule is C=C(C)[C@H]1[C@H]2[C@@H](O[Si](C)(C)C(C)(C)C)C[C@@H](C)[C@@H]3C=CC(=C)[C@]231. The van der Waals surface area contributed by atoms with E-state index >= 15 is 0 Å². The summed E-state index contributed by atoms with van der Waals surface area (Å²) in [7, 11) is -1.75. The molecule has 23 heavy (non-hydrogen) atoms. The molecule has 128 valence electrons. The van der Waals surface area contributed by atoms with E-state index < -0.39 is 8.32 Å². The van der Waals surface area contributed by atoms with Crippen molar-refractivity contribution < 1.29 is 4.43 Å². The molecule has 1 nitrogen and oxygen atoms in total. The van der Waals surface area contributed by atoms with Crippen LogP contribution in [0.4, 0.5) is 0 Å². The van der Waals surface area contributed by atoms with Crippen LogP contribution in [0.3, 0.4) is 0 Å². The molecule has 3 rings (SSSR count). The molecule has 2 heteroatoms. The van der Waals surface area contributed by atoms with Crippen molar-refractivity contribution in [3.63, 3.8) is 0 Å². The largest absolute Gasteiger partial charge is 0.414 e. The van der Waals surface area contributed by atoms with Gasteiger partial charge in [0, 0.05) is 17.4 Å². The summed E-state index contributed by atoms with van der Waals surface area (Å²) in [6.45, 7) is 25.1. The van der Waals surface area contributed by atoms with Gasteiger partial charge in [-0.3, -0.25) is 0 Å². The van der Waals surface area contributed by atoms with Crippen LogP contribution in [-0.4, -0.2) is 14.4 Å². The fraction of sp³-hybridized carbons (Fsp3) is 0.714. The fourth-order valence-electron chi connectivity index (χ4n) is 5.25. The highest BCUT2D eigenvalue weighted by atomic mass is 28.4. The highest BCUT2D eigenvalue weighted by Crippen LogP contribution is 2.77. The first-order valence-electron chi connectivity index (χ1n) is 9.15. The third-order valence-electron chi connectivity index (χ3n) is 7.33. The number of hydrogen-bond donors (Lipinski definition) is 0. The van der Waals surface area contributed by atoms with Crippen LogP contribution in [0.5, 0.6) is 0 Å². The molecule has 0 heterocycles. The first-order valence-corrected chi connectivity index (χ1v) is 12.1. The lowest BCUT2D eigenvalue weighted by molar-refractivity contribution is 0.0671.